The molecule has 0 aliphatic rings. The fourth-order valence-corrected chi connectivity index (χ4v) is 1.00. The van der Waals surface area contributed by atoms with Gasteiger partial charge >= 0.3 is 5.97 Å². The summed E-state index contributed by atoms with van der Waals surface area (Å²) in [6, 6.07) is 0. The highest BCUT2D eigenvalue weighted by atomic mass is 16.5. The molecule has 0 amide bonds. The van der Waals surface area contributed by atoms with E-state index in [2.05, 4.69) is 11.5 Å². The van der Waals surface area contributed by atoms with E-state index >= 15 is 0 Å². The van der Waals surface area contributed by atoms with Crippen molar-refractivity contribution in [3.63, 3.8) is 0 Å². The summed E-state index contributed by atoms with van der Waals surface area (Å²) in [5, 5.41) is 0. The molecule has 1 atom stereocenters. The number of rotatable bonds is 6. The number of carbonyl (C=O) groups is 1. The average Bonchev–Trinajstić information content (AvgIpc) is 2.03. The van der Waals surface area contributed by atoms with E-state index in [1.54, 1.807) is 0 Å². The molecule has 1 unspecified atom stereocenters. The first kappa shape index (κ1) is 12.2. The van der Waals surface area contributed by atoms with E-state index in [9.17, 15) is 4.79 Å². The lowest BCUT2D eigenvalue weighted by atomic mass is 10.2. The Morgan fingerprint density at radius 1 is 1.62 bits per heavy atom. The first-order valence-corrected chi connectivity index (χ1v) is 4.54. The molecule has 0 rings (SSSR count). The summed E-state index contributed by atoms with van der Waals surface area (Å²) < 4.78 is 5.01. The highest BCUT2D eigenvalue weighted by molar-refractivity contribution is 5.81. The Kier molecular flexibility index (Phi) is 6.24. The van der Waals surface area contributed by atoms with Crippen molar-refractivity contribution >= 4 is 5.97 Å². The Morgan fingerprint density at radius 3 is 2.69 bits per heavy atom. The van der Waals surface area contributed by atoms with Crippen molar-refractivity contribution in [1.82, 2.24) is 4.90 Å². The van der Waals surface area contributed by atoms with Gasteiger partial charge in [-0.2, -0.15) is 0 Å². The minimum absolute atomic E-state index is 0.00884. The molecule has 0 aromatic heterocycles. The molecule has 0 fully saturated rings. The largest absolute Gasteiger partial charge is 0.460 e. The molecule has 0 aromatic carbocycles. The first-order valence-electron chi connectivity index (χ1n) is 4.54. The van der Waals surface area contributed by atoms with Crippen LogP contribution in [0.3, 0.4) is 0 Å². The second-order valence-corrected chi connectivity index (χ2v) is 3.40. The molecular formula is C10H19NO2. The van der Waals surface area contributed by atoms with Crippen LogP contribution in [0.2, 0.25) is 0 Å². The molecule has 0 N–H and O–H groups in total. The zero-order valence-corrected chi connectivity index (χ0v) is 8.75. The van der Waals surface area contributed by atoms with Crippen LogP contribution >= 0.6 is 0 Å². The molecule has 0 spiro atoms. The molecule has 3 heteroatoms. The number of nitrogens with zero attached hydrogens (tertiary/aromatic N) is 1. The molecule has 0 aliphatic heterocycles. The molecule has 0 bridgehead atoms. The summed E-state index contributed by atoms with van der Waals surface area (Å²) in [5.41, 5.74) is 0. The number of hydrogen-bond donors (Lipinski definition) is 0. The summed E-state index contributed by atoms with van der Waals surface area (Å²) in [6.07, 6.45) is 3.13. The minimum Gasteiger partial charge on any atom is -0.460 e. The number of esters is 1. The van der Waals surface area contributed by atoms with Crippen molar-refractivity contribution < 1.29 is 9.53 Å². The monoisotopic (exact) mass is 185 g/mol. The second-order valence-electron chi connectivity index (χ2n) is 3.40. The van der Waals surface area contributed by atoms with Crippen LogP contribution in [0.25, 0.3) is 0 Å². The Morgan fingerprint density at radius 2 is 2.23 bits per heavy atom. The van der Waals surface area contributed by atoms with Crippen LogP contribution in [0.4, 0.5) is 0 Å². The first-order chi connectivity index (χ1) is 6.06. The fraction of sp³-hybridized carbons (Fsp3) is 0.700. The van der Waals surface area contributed by atoms with E-state index in [4.69, 9.17) is 4.74 Å². The molecule has 0 aromatic rings. The highest BCUT2D eigenvalue weighted by Gasteiger charge is 2.05. The Bertz CT molecular complexity index is 166. The number of ether oxygens (including phenoxy) is 1. The smallest absolute Gasteiger partial charge is 0.330 e. The molecule has 13 heavy (non-hydrogen) atoms. The van der Waals surface area contributed by atoms with Crippen molar-refractivity contribution in [2.24, 2.45) is 0 Å². The summed E-state index contributed by atoms with van der Waals surface area (Å²) in [5.74, 6) is -0.336. The third-order valence-corrected chi connectivity index (χ3v) is 1.70. The number of hydrogen-bond acceptors (Lipinski definition) is 3. The Balaban J connectivity index is 3.45. The predicted octanol–water partition coefficient (Wildman–Crippen LogP) is 1.45. The minimum atomic E-state index is -0.336. The average molecular weight is 185 g/mol. The molecule has 0 aliphatic carbocycles. The summed E-state index contributed by atoms with van der Waals surface area (Å²) in [7, 11) is 4.06. The van der Waals surface area contributed by atoms with Crippen molar-refractivity contribution in [3.8, 4) is 0 Å². The maximum atomic E-state index is 10.8. The van der Waals surface area contributed by atoms with E-state index in [1.165, 1.54) is 6.08 Å². The third kappa shape index (κ3) is 7.53. The normalized spacial score (nSPS) is 12.6. The van der Waals surface area contributed by atoms with Gasteiger partial charge in [0.25, 0.3) is 0 Å². The van der Waals surface area contributed by atoms with Crippen LogP contribution < -0.4 is 0 Å². The molecule has 0 saturated heterocycles. The van der Waals surface area contributed by atoms with Gasteiger partial charge in [0.1, 0.15) is 0 Å². The lowest BCUT2D eigenvalue weighted by Gasteiger charge is -2.13. The molecule has 0 radical (unpaired) electrons. The van der Waals surface area contributed by atoms with E-state index in [0.717, 1.165) is 19.4 Å². The predicted molar refractivity (Wildman–Crippen MR) is 53.5 cm³/mol. The molecular weight excluding hydrogens is 166 g/mol. The summed E-state index contributed by atoms with van der Waals surface area (Å²) in [4.78, 5) is 12.9. The zero-order valence-electron chi connectivity index (χ0n) is 8.75. The van der Waals surface area contributed by atoms with Gasteiger partial charge in [0, 0.05) is 6.08 Å². The fourth-order valence-electron chi connectivity index (χ4n) is 1.00. The Labute approximate surface area is 80.4 Å². The van der Waals surface area contributed by atoms with E-state index < -0.39 is 0 Å². The van der Waals surface area contributed by atoms with Crippen LogP contribution in [-0.4, -0.2) is 37.6 Å². The van der Waals surface area contributed by atoms with E-state index in [0.29, 0.717) is 0 Å². The van der Waals surface area contributed by atoms with E-state index in [1.807, 2.05) is 21.0 Å². The maximum absolute atomic E-state index is 10.8. The van der Waals surface area contributed by atoms with Gasteiger partial charge in [-0.3, -0.25) is 0 Å². The van der Waals surface area contributed by atoms with Crippen molar-refractivity contribution in [2.75, 3.05) is 20.6 Å². The molecule has 0 saturated carbocycles. The van der Waals surface area contributed by atoms with Gasteiger partial charge in [-0.1, -0.05) is 6.58 Å². The SMILES string of the molecule is C=CC(=O)OC(C)CCCN(C)C. The zero-order chi connectivity index (χ0) is 10.3. The molecule has 0 heterocycles. The van der Waals surface area contributed by atoms with Gasteiger partial charge in [-0.15, -0.1) is 0 Å². The maximum Gasteiger partial charge on any atom is 0.330 e. The van der Waals surface area contributed by atoms with Crippen LogP contribution in [0, 0.1) is 0 Å². The number of carbonyl (C=O) groups excluding carboxylic acids is 1. The van der Waals surface area contributed by atoms with Crippen molar-refractivity contribution in [2.45, 2.75) is 25.9 Å². The van der Waals surface area contributed by atoms with E-state index in [-0.39, 0.29) is 12.1 Å². The molecule has 3 nitrogen and oxygen atoms in total. The lowest BCUT2D eigenvalue weighted by molar-refractivity contribution is -0.142. The standard InChI is InChI=1S/C10H19NO2/c1-5-10(12)13-9(2)7-6-8-11(3)4/h5,9H,1,6-8H2,2-4H3. The van der Waals surface area contributed by atoms with Gasteiger partial charge in [-0.25, -0.2) is 4.79 Å². The Hall–Kier alpha value is -0.830. The van der Waals surface area contributed by atoms with Gasteiger partial charge in [0.15, 0.2) is 0 Å². The van der Waals surface area contributed by atoms with Gasteiger partial charge in [0.05, 0.1) is 6.10 Å². The van der Waals surface area contributed by atoms with Crippen molar-refractivity contribution in [3.05, 3.63) is 12.7 Å². The van der Waals surface area contributed by atoms with Crippen molar-refractivity contribution in [1.29, 1.82) is 0 Å². The summed E-state index contributed by atoms with van der Waals surface area (Å²) in [6.45, 7) is 6.26. The topological polar surface area (TPSA) is 29.5 Å². The van der Waals surface area contributed by atoms with Crippen LogP contribution in [-0.2, 0) is 9.53 Å². The lowest BCUT2D eigenvalue weighted by Crippen LogP contribution is -2.17. The van der Waals surface area contributed by atoms with Gasteiger partial charge in [0.2, 0.25) is 0 Å². The quantitative estimate of drug-likeness (QED) is 0.463. The van der Waals surface area contributed by atoms with Crippen LogP contribution in [0.15, 0.2) is 12.7 Å². The van der Waals surface area contributed by atoms with Gasteiger partial charge < -0.3 is 9.64 Å². The highest BCUT2D eigenvalue weighted by Crippen LogP contribution is 2.02. The van der Waals surface area contributed by atoms with Crippen LogP contribution in [0.5, 0.6) is 0 Å². The van der Waals surface area contributed by atoms with Crippen LogP contribution in [0.1, 0.15) is 19.8 Å². The second kappa shape index (κ2) is 6.66. The summed E-state index contributed by atoms with van der Waals surface area (Å²) >= 11 is 0. The van der Waals surface area contributed by atoms with Gasteiger partial charge in [-0.05, 0) is 40.4 Å². The molecule has 76 valence electrons. The third-order valence-electron chi connectivity index (χ3n) is 1.70.